The van der Waals surface area contributed by atoms with Crippen LogP contribution in [-0.4, -0.2) is 56.4 Å². The highest BCUT2D eigenvalue weighted by Crippen LogP contribution is 2.32. The van der Waals surface area contributed by atoms with Gasteiger partial charge in [0, 0.05) is 6.54 Å². The zero-order chi connectivity index (χ0) is 11.1. The van der Waals surface area contributed by atoms with Crippen molar-refractivity contribution in [2.75, 3.05) is 32.4 Å². The third kappa shape index (κ3) is 1.56. The Hall–Kier alpha value is -0.620. The fourth-order valence-electron chi connectivity index (χ4n) is 2.31. The van der Waals surface area contributed by atoms with E-state index in [0.29, 0.717) is 25.9 Å². The molecule has 0 aromatic carbocycles. The number of rotatable bonds is 0. The van der Waals surface area contributed by atoms with Crippen molar-refractivity contribution in [3.8, 4) is 0 Å². The number of carbonyl (C=O) groups excluding carboxylic acids is 1. The Labute approximate surface area is 89.7 Å². The first kappa shape index (κ1) is 10.9. The molecule has 2 fully saturated rings. The van der Waals surface area contributed by atoms with Crippen LogP contribution in [0.1, 0.15) is 12.8 Å². The highest BCUT2D eigenvalue weighted by atomic mass is 32.2. The standard InChI is InChI=1S/C9H16N2O3S/c1-11-5-2-9(3-6-11)8(12)10-4-7-15(9,13)14/h2-7H2,1H3,(H,10,12). The molecule has 0 bridgehead atoms. The summed E-state index contributed by atoms with van der Waals surface area (Å²) in [6.45, 7) is 1.61. The van der Waals surface area contributed by atoms with Crippen LogP contribution in [0.5, 0.6) is 0 Å². The van der Waals surface area contributed by atoms with Crippen LogP contribution in [0.2, 0.25) is 0 Å². The molecule has 0 aliphatic carbocycles. The van der Waals surface area contributed by atoms with Gasteiger partial charge in [0.25, 0.3) is 0 Å². The molecular formula is C9H16N2O3S. The van der Waals surface area contributed by atoms with Gasteiger partial charge in [0.1, 0.15) is 0 Å². The molecule has 0 aromatic heterocycles. The number of likely N-dealkylation sites (tertiary alicyclic amines) is 1. The smallest absolute Gasteiger partial charge is 0.241 e. The Morgan fingerprint density at radius 2 is 1.93 bits per heavy atom. The van der Waals surface area contributed by atoms with Gasteiger partial charge in [-0.3, -0.25) is 4.79 Å². The minimum Gasteiger partial charge on any atom is -0.354 e. The summed E-state index contributed by atoms with van der Waals surface area (Å²) in [4.78, 5) is 13.8. The van der Waals surface area contributed by atoms with Gasteiger partial charge in [-0.05, 0) is 33.0 Å². The number of hydrogen-bond donors (Lipinski definition) is 1. The summed E-state index contributed by atoms with van der Waals surface area (Å²) in [5.74, 6) is -0.204. The molecule has 2 rings (SSSR count). The maximum atomic E-state index is 12.0. The molecule has 0 radical (unpaired) electrons. The van der Waals surface area contributed by atoms with E-state index in [1.807, 2.05) is 7.05 Å². The van der Waals surface area contributed by atoms with Gasteiger partial charge in [0.15, 0.2) is 14.6 Å². The number of carbonyl (C=O) groups is 1. The van der Waals surface area contributed by atoms with Crippen LogP contribution in [0.15, 0.2) is 0 Å². The van der Waals surface area contributed by atoms with Crippen molar-refractivity contribution in [1.82, 2.24) is 10.2 Å². The van der Waals surface area contributed by atoms with E-state index < -0.39 is 14.6 Å². The highest BCUT2D eigenvalue weighted by molar-refractivity contribution is 7.93. The minimum absolute atomic E-state index is 0.0858. The van der Waals surface area contributed by atoms with Gasteiger partial charge in [0.2, 0.25) is 5.91 Å². The van der Waals surface area contributed by atoms with Crippen LogP contribution in [-0.2, 0) is 14.6 Å². The van der Waals surface area contributed by atoms with Crippen molar-refractivity contribution >= 4 is 15.7 Å². The zero-order valence-corrected chi connectivity index (χ0v) is 9.64. The number of nitrogens with zero attached hydrogens (tertiary/aromatic N) is 1. The molecule has 0 unspecified atom stereocenters. The molecule has 2 aliphatic rings. The van der Waals surface area contributed by atoms with Crippen LogP contribution in [0.25, 0.3) is 0 Å². The average Bonchev–Trinajstić information content (AvgIpc) is 2.16. The molecular weight excluding hydrogens is 216 g/mol. The predicted molar refractivity (Wildman–Crippen MR) is 56.3 cm³/mol. The second-order valence-electron chi connectivity index (χ2n) is 4.37. The Kier molecular flexibility index (Phi) is 2.50. The summed E-state index contributed by atoms with van der Waals surface area (Å²) < 4.78 is 22.9. The van der Waals surface area contributed by atoms with E-state index in [4.69, 9.17) is 0 Å². The van der Waals surface area contributed by atoms with E-state index in [-0.39, 0.29) is 18.2 Å². The molecule has 2 heterocycles. The molecule has 2 saturated heterocycles. The first-order valence-corrected chi connectivity index (χ1v) is 6.82. The topological polar surface area (TPSA) is 66.5 Å². The molecule has 6 heteroatoms. The summed E-state index contributed by atoms with van der Waals surface area (Å²) in [6, 6.07) is 0. The molecule has 5 nitrogen and oxygen atoms in total. The van der Waals surface area contributed by atoms with Crippen LogP contribution in [0.3, 0.4) is 0 Å². The van der Waals surface area contributed by atoms with Crippen LogP contribution in [0.4, 0.5) is 0 Å². The number of nitrogens with one attached hydrogen (secondary N) is 1. The fraction of sp³-hybridized carbons (Fsp3) is 0.889. The highest BCUT2D eigenvalue weighted by Gasteiger charge is 2.53. The van der Waals surface area contributed by atoms with E-state index >= 15 is 0 Å². The minimum atomic E-state index is -3.26. The summed E-state index contributed by atoms with van der Waals surface area (Å²) in [6.07, 6.45) is 0.856. The van der Waals surface area contributed by atoms with Crippen molar-refractivity contribution in [1.29, 1.82) is 0 Å². The monoisotopic (exact) mass is 232 g/mol. The SMILES string of the molecule is CN1CCC2(CC1)C(=O)NCCS2(=O)=O. The van der Waals surface area contributed by atoms with Gasteiger partial charge in [-0.2, -0.15) is 0 Å². The van der Waals surface area contributed by atoms with Crippen molar-refractivity contribution in [2.45, 2.75) is 17.6 Å². The Bertz CT molecular complexity index is 369. The molecule has 0 saturated carbocycles. The van der Waals surface area contributed by atoms with E-state index in [0.717, 1.165) is 0 Å². The lowest BCUT2D eigenvalue weighted by molar-refractivity contribution is -0.125. The quantitative estimate of drug-likeness (QED) is 0.581. The number of hydrogen-bond acceptors (Lipinski definition) is 4. The lowest BCUT2D eigenvalue weighted by atomic mass is 9.95. The van der Waals surface area contributed by atoms with Crippen molar-refractivity contribution in [2.24, 2.45) is 0 Å². The summed E-state index contributed by atoms with van der Waals surface area (Å²) in [5.41, 5.74) is 0. The van der Waals surface area contributed by atoms with Crippen LogP contribution < -0.4 is 5.32 Å². The summed E-state index contributed by atoms with van der Waals surface area (Å²) in [7, 11) is -1.31. The third-order valence-corrected chi connectivity index (χ3v) is 5.99. The molecule has 1 amide bonds. The fourth-order valence-corrected chi connectivity index (χ4v) is 4.24. The Morgan fingerprint density at radius 3 is 2.47 bits per heavy atom. The zero-order valence-electron chi connectivity index (χ0n) is 8.82. The van der Waals surface area contributed by atoms with E-state index in [1.54, 1.807) is 0 Å². The van der Waals surface area contributed by atoms with Crippen LogP contribution >= 0.6 is 0 Å². The molecule has 15 heavy (non-hydrogen) atoms. The van der Waals surface area contributed by atoms with E-state index in [1.165, 1.54) is 0 Å². The van der Waals surface area contributed by atoms with Gasteiger partial charge in [-0.15, -0.1) is 0 Å². The lowest BCUT2D eigenvalue weighted by Gasteiger charge is -2.40. The van der Waals surface area contributed by atoms with Gasteiger partial charge in [-0.25, -0.2) is 8.42 Å². The number of sulfone groups is 1. The first-order chi connectivity index (χ1) is 6.98. The van der Waals surface area contributed by atoms with Crippen molar-refractivity contribution in [3.05, 3.63) is 0 Å². The van der Waals surface area contributed by atoms with Gasteiger partial charge in [0.05, 0.1) is 5.75 Å². The first-order valence-electron chi connectivity index (χ1n) is 5.17. The number of amides is 1. The van der Waals surface area contributed by atoms with Gasteiger partial charge < -0.3 is 10.2 Å². The van der Waals surface area contributed by atoms with Crippen LogP contribution in [0, 0.1) is 0 Å². The number of piperidine rings is 1. The Balaban J connectivity index is 2.34. The maximum Gasteiger partial charge on any atom is 0.241 e. The summed E-state index contributed by atoms with van der Waals surface area (Å²) >= 11 is 0. The summed E-state index contributed by atoms with van der Waals surface area (Å²) in [5, 5.41) is 2.68. The van der Waals surface area contributed by atoms with Crippen molar-refractivity contribution in [3.63, 3.8) is 0 Å². The molecule has 86 valence electrons. The molecule has 2 aliphatic heterocycles. The largest absolute Gasteiger partial charge is 0.354 e. The molecule has 0 aromatic rings. The molecule has 1 N–H and O–H groups in total. The molecule has 1 spiro atoms. The van der Waals surface area contributed by atoms with Crippen molar-refractivity contribution < 1.29 is 13.2 Å². The maximum absolute atomic E-state index is 12.0. The molecule has 0 atom stereocenters. The van der Waals surface area contributed by atoms with Gasteiger partial charge >= 0.3 is 0 Å². The average molecular weight is 232 g/mol. The normalized spacial score (nSPS) is 30.1. The Morgan fingerprint density at radius 1 is 1.33 bits per heavy atom. The van der Waals surface area contributed by atoms with E-state index in [2.05, 4.69) is 10.2 Å². The third-order valence-electron chi connectivity index (χ3n) is 3.46. The predicted octanol–water partition coefficient (Wildman–Crippen LogP) is -1.00. The second-order valence-corrected chi connectivity index (χ2v) is 6.79. The second kappa shape index (κ2) is 3.45. The lowest BCUT2D eigenvalue weighted by Crippen LogP contribution is -2.62. The van der Waals surface area contributed by atoms with Gasteiger partial charge in [-0.1, -0.05) is 0 Å². The van der Waals surface area contributed by atoms with E-state index in [9.17, 15) is 13.2 Å².